The van der Waals surface area contributed by atoms with Gasteiger partial charge in [-0.25, -0.2) is 0 Å². The molecule has 0 radical (unpaired) electrons. The van der Waals surface area contributed by atoms with Crippen molar-refractivity contribution >= 4 is 21.7 Å². The number of aromatic nitrogens is 1. The summed E-state index contributed by atoms with van der Waals surface area (Å²) in [6.45, 7) is 3.18. The zero-order chi connectivity index (χ0) is 17.9. The average Bonchev–Trinajstić information content (AvgIpc) is 2.68. The van der Waals surface area contributed by atoms with Gasteiger partial charge in [-0.2, -0.15) is 4.57 Å². The lowest BCUT2D eigenvalue weighted by atomic mass is 10.1. The number of pyridine rings is 1. The van der Waals surface area contributed by atoms with Gasteiger partial charge in [0.05, 0.1) is 5.39 Å². The topological polar surface area (TPSA) is 13.1 Å². The van der Waals surface area contributed by atoms with Crippen molar-refractivity contribution in [3.8, 4) is 18.1 Å². The van der Waals surface area contributed by atoms with Crippen LogP contribution in [0.25, 0.3) is 21.7 Å². The lowest BCUT2D eigenvalue weighted by Crippen LogP contribution is -2.37. The number of rotatable bonds is 4. The quantitative estimate of drug-likeness (QED) is 0.385. The van der Waals surface area contributed by atoms with Gasteiger partial charge in [0.25, 0.3) is 0 Å². The molecule has 0 saturated carbocycles. The number of ether oxygens (including phenoxy) is 1. The Bertz CT molecular complexity index is 1130. The smallest absolute Gasteiger partial charge is 0.213 e. The molecule has 0 saturated heterocycles. The fraction of sp³-hybridized carbons (Fsp3) is 0.125. The third-order valence-corrected chi connectivity index (χ3v) is 4.74. The second-order valence-corrected chi connectivity index (χ2v) is 6.41. The number of aryl methyl sites for hydroxylation is 1. The fourth-order valence-corrected chi connectivity index (χ4v) is 3.37. The minimum absolute atomic E-state index is 0.545. The van der Waals surface area contributed by atoms with Crippen molar-refractivity contribution in [1.82, 2.24) is 0 Å². The predicted molar refractivity (Wildman–Crippen MR) is 106 cm³/mol. The van der Waals surface area contributed by atoms with Gasteiger partial charge in [0, 0.05) is 19.1 Å². The SMILES string of the molecule is C#CC[n+]1c(C)ccc2cc(OCc3cccc4ccccc34)ccc21. The fourth-order valence-electron chi connectivity index (χ4n) is 3.37. The lowest BCUT2D eigenvalue weighted by Gasteiger charge is -2.10. The van der Waals surface area contributed by atoms with E-state index in [-0.39, 0.29) is 0 Å². The molecule has 0 amide bonds. The molecule has 0 atom stereocenters. The average molecular weight is 338 g/mol. The van der Waals surface area contributed by atoms with Gasteiger partial charge in [-0.05, 0) is 40.5 Å². The van der Waals surface area contributed by atoms with E-state index in [1.54, 1.807) is 0 Å². The molecule has 2 nitrogen and oxygen atoms in total. The molecule has 0 unspecified atom stereocenters. The minimum Gasteiger partial charge on any atom is -0.489 e. The van der Waals surface area contributed by atoms with Crippen LogP contribution in [-0.4, -0.2) is 0 Å². The third kappa shape index (κ3) is 3.00. The summed E-state index contributed by atoms with van der Waals surface area (Å²) in [4.78, 5) is 0. The summed E-state index contributed by atoms with van der Waals surface area (Å²) in [6.07, 6.45) is 5.51. The molecule has 0 fully saturated rings. The van der Waals surface area contributed by atoms with Crippen molar-refractivity contribution in [1.29, 1.82) is 0 Å². The lowest BCUT2D eigenvalue weighted by molar-refractivity contribution is -0.664. The van der Waals surface area contributed by atoms with E-state index in [0.29, 0.717) is 13.2 Å². The second-order valence-electron chi connectivity index (χ2n) is 6.41. The van der Waals surface area contributed by atoms with Crippen molar-refractivity contribution in [2.24, 2.45) is 0 Å². The summed E-state index contributed by atoms with van der Waals surface area (Å²) in [5.41, 5.74) is 3.47. The van der Waals surface area contributed by atoms with Crippen molar-refractivity contribution < 1.29 is 9.30 Å². The number of terminal acetylenes is 1. The molecule has 0 N–H and O–H groups in total. The Hall–Kier alpha value is -3.31. The van der Waals surface area contributed by atoms with Crippen LogP contribution in [0.2, 0.25) is 0 Å². The maximum Gasteiger partial charge on any atom is 0.213 e. The van der Waals surface area contributed by atoms with Crippen LogP contribution in [-0.2, 0) is 13.2 Å². The van der Waals surface area contributed by atoms with Crippen molar-refractivity contribution in [2.45, 2.75) is 20.1 Å². The van der Waals surface area contributed by atoms with Crippen LogP contribution >= 0.6 is 0 Å². The zero-order valence-electron chi connectivity index (χ0n) is 14.8. The highest BCUT2D eigenvalue weighted by Gasteiger charge is 2.12. The molecule has 1 heterocycles. The number of nitrogens with zero attached hydrogens (tertiary/aromatic N) is 1. The van der Waals surface area contributed by atoms with Crippen LogP contribution < -0.4 is 9.30 Å². The monoisotopic (exact) mass is 338 g/mol. The van der Waals surface area contributed by atoms with Crippen molar-refractivity contribution in [3.05, 3.63) is 84.1 Å². The van der Waals surface area contributed by atoms with Gasteiger partial charge in [-0.15, -0.1) is 6.42 Å². The van der Waals surface area contributed by atoms with Gasteiger partial charge in [0.15, 0.2) is 5.69 Å². The normalized spacial score (nSPS) is 10.8. The molecule has 1 aromatic heterocycles. The summed E-state index contributed by atoms with van der Waals surface area (Å²) in [6, 6.07) is 25.1. The van der Waals surface area contributed by atoms with E-state index in [9.17, 15) is 0 Å². The number of benzene rings is 3. The van der Waals surface area contributed by atoms with Gasteiger partial charge in [0.1, 0.15) is 12.4 Å². The standard InChI is InChI=1S/C24H20NO/c1-3-15-25-18(2)11-12-20-16-22(13-14-24(20)25)26-17-21-9-6-8-19-7-4-5-10-23(19)21/h1,4-14,16H,15,17H2,2H3/q+1. The van der Waals surface area contributed by atoms with Gasteiger partial charge in [0.2, 0.25) is 12.1 Å². The molecule has 4 aromatic rings. The van der Waals surface area contributed by atoms with Crippen LogP contribution in [0.5, 0.6) is 5.75 Å². The Morgan fingerprint density at radius 2 is 1.77 bits per heavy atom. The van der Waals surface area contributed by atoms with Crippen LogP contribution in [0.4, 0.5) is 0 Å². The van der Waals surface area contributed by atoms with Crippen molar-refractivity contribution in [3.63, 3.8) is 0 Å². The molecule has 0 bridgehead atoms. The van der Waals surface area contributed by atoms with Crippen LogP contribution in [0.1, 0.15) is 11.3 Å². The number of fused-ring (bicyclic) bond motifs is 2. The Kier molecular flexibility index (Phi) is 4.29. The first-order valence-electron chi connectivity index (χ1n) is 8.72. The molecule has 3 aromatic carbocycles. The Morgan fingerprint density at radius 3 is 2.65 bits per heavy atom. The van der Waals surface area contributed by atoms with Gasteiger partial charge in [-0.3, -0.25) is 0 Å². The number of hydrogen-bond donors (Lipinski definition) is 0. The molecule has 4 rings (SSSR count). The van der Waals surface area contributed by atoms with E-state index >= 15 is 0 Å². The van der Waals surface area contributed by atoms with E-state index in [0.717, 1.165) is 22.3 Å². The van der Waals surface area contributed by atoms with E-state index in [4.69, 9.17) is 11.2 Å². The summed E-state index contributed by atoms with van der Waals surface area (Å²) < 4.78 is 8.23. The van der Waals surface area contributed by atoms with Crippen LogP contribution in [0, 0.1) is 19.3 Å². The summed E-state index contributed by atoms with van der Waals surface area (Å²) in [5.74, 6) is 3.59. The van der Waals surface area contributed by atoms with Crippen molar-refractivity contribution in [2.75, 3.05) is 0 Å². The molecular formula is C24H20NO+. The van der Waals surface area contributed by atoms with E-state index in [1.165, 1.54) is 16.3 Å². The number of hydrogen-bond acceptors (Lipinski definition) is 1. The largest absolute Gasteiger partial charge is 0.489 e. The summed E-state index contributed by atoms with van der Waals surface area (Å²) in [7, 11) is 0. The summed E-state index contributed by atoms with van der Waals surface area (Å²) >= 11 is 0. The molecule has 126 valence electrons. The van der Waals surface area contributed by atoms with Gasteiger partial charge >= 0.3 is 0 Å². The maximum absolute atomic E-state index is 6.09. The molecule has 26 heavy (non-hydrogen) atoms. The summed E-state index contributed by atoms with van der Waals surface area (Å²) in [5, 5.41) is 3.59. The molecule has 0 spiro atoms. The van der Waals surface area contributed by atoms with Crippen LogP contribution in [0.15, 0.2) is 72.8 Å². The highest BCUT2D eigenvalue weighted by molar-refractivity contribution is 5.85. The van der Waals surface area contributed by atoms with Gasteiger partial charge < -0.3 is 4.74 Å². The molecular weight excluding hydrogens is 318 g/mol. The van der Waals surface area contributed by atoms with E-state index < -0.39 is 0 Å². The highest BCUT2D eigenvalue weighted by Crippen LogP contribution is 2.23. The molecule has 0 aliphatic rings. The van der Waals surface area contributed by atoms with Crippen LogP contribution in [0.3, 0.4) is 0 Å². The predicted octanol–water partition coefficient (Wildman–Crippen LogP) is 4.80. The highest BCUT2D eigenvalue weighted by atomic mass is 16.5. The minimum atomic E-state index is 0.545. The zero-order valence-corrected chi connectivity index (χ0v) is 14.8. The first-order valence-corrected chi connectivity index (χ1v) is 8.72. The molecule has 2 heteroatoms. The Morgan fingerprint density at radius 1 is 0.923 bits per heavy atom. The Balaban J connectivity index is 1.64. The van der Waals surface area contributed by atoms with E-state index in [1.807, 2.05) is 6.07 Å². The molecule has 0 aliphatic carbocycles. The third-order valence-electron chi connectivity index (χ3n) is 4.74. The second kappa shape index (κ2) is 6.90. The first-order chi connectivity index (χ1) is 12.8. The first kappa shape index (κ1) is 16.2. The Labute approximate surface area is 153 Å². The van der Waals surface area contributed by atoms with E-state index in [2.05, 4.69) is 84.1 Å². The van der Waals surface area contributed by atoms with Gasteiger partial charge in [-0.1, -0.05) is 42.5 Å². The molecule has 0 aliphatic heterocycles. The maximum atomic E-state index is 6.09.